The number of Topliss-reactive ketones (excluding diaryl/α,β-unsaturated/α-hetero) is 1. The summed E-state index contributed by atoms with van der Waals surface area (Å²) in [4.78, 5) is 33.0. The van der Waals surface area contributed by atoms with Crippen LogP contribution in [-0.4, -0.2) is 43.4 Å². The van der Waals surface area contributed by atoms with Crippen LogP contribution >= 0.6 is 0 Å². The summed E-state index contributed by atoms with van der Waals surface area (Å²) in [6.07, 6.45) is 9.63. The van der Waals surface area contributed by atoms with Crippen LogP contribution in [-0.2, 0) is 13.5 Å². The number of hydrogen-bond donors (Lipinski definition) is 0. The predicted molar refractivity (Wildman–Crippen MR) is 115 cm³/mol. The first-order chi connectivity index (χ1) is 14.7. The largest absolute Gasteiger partial charge is 0.357 e. The molecule has 0 bridgehead atoms. The fourth-order valence-electron chi connectivity index (χ4n) is 3.88. The number of carbonyl (C=O) groups excluding carboxylic acids is 1. The summed E-state index contributed by atoms with van der Waals surface area (Å²) in [5, 5.41) is 0.942. The topological polar surface area (TPSA) is 76.8 Å². The number of fused-ring (bicyclic) bond motifs is 1. The molecular weight excluding hydrogens is 376 g/mol. The molecule has 5 heterocycles. The summed E-state index contributed by atoms with van der Waals surface area (Å²) < 4.78 is 1.93. The van der Waals surface area contributed by atoms with Gasteiger partial charge in [0.1, 0.15) is 5.82 Å². The first-order valence-corrected chi connectivity index (χ1v) is 10.1. The molecule has 0 spiro atoms. The summed E-state index contributed by atoms with van der Waals surface area (Å²) in [7, 11) is 1.94. The quantitative estimate of drug-likeness (QED) is 0.479. The van der Waals surface area contributed by atoms with Crippen LogP contribution < -0.4 is 4.90 Å². The Balaban J connectivity index is 1.40. The lowest BCUT2D eigenvalue weighted by molar-refractivity contribution is 0.0992. The zero-order valence-electron chi connectivity index (χ0n) is 16.8. The van der Waals surface area contributed by atoms with E-state index in [1.807, 2.05) is 35.9 Å². The molecule has 0 atom stereocenters. The average molecular weight is 398 g/mol. The summed E-state index contributed by atoms with van der Waals surface area (Å²) >= 11 is 0. The molecule has 30 heavy (non-hydrogen) atoms. The van der Waals surface area contributed by atoms with Crippen molar-refractivity contribution in [2.24, 2.45) is 7.05 Å². The van der Waals surface area contributed by atoms with Gasteiger partial charge in [-0.25, -0.2) is 15.0 Å². The SMILES string of the molecule is Cn1cncc1-c1ccc2cnc(CC(=O)c3ccnc(N4CCCC4)c3)cc2n1. The molecule has 4 aromatic rings. The molecule has 4 aromatic heterocycles. The van der Waals surface area contributed by atoms with Crippen LogP contribution in [0, 0.1) is 0 Å². The van der Waals surface area contributed by atoms with Gasteiger partial charge in [-0.3, -0.25) is 9.78 Å². The third kappa shape index (κ3) is 3.54. The molecule has 0 N–H and O–H groups in total. The van der Waals surface area contributed by atoms with Gasteiger partial charge in [0.05, 0.1) is 41.5 Å². The van der Waals surface area contributed by atoms with Gasteiger partial charge in [-0.15, -0.1) is 0 Å². The van der Waals surface area contributed by atoms with Gasteiger partial charge in [-0.05, 0) is 43.2 Å². The number of rotatable bonds is 5. The maximum absolute atomic E-state index is 12.9. The van der Waals surface area contributed by atoms with Crippen molar-refractivity contribution in [3.8, 4) is 11.4 Å². The lowest BCUT2D eigenvalue weighted by atomic mass is 10.1. The molecule has 0 unspecified atom stereocenters. The van der Waals surface area contributed by atoms with Crippen molar-refractivity contribution in [2.45, 2.75) is 19.3 Å². The third-order valence-electron chi connectivity index (χ3n) is 5.55. The molecule has 1 aliphatic rings. The Hall–Kier alpha value is -3.61. The summed E-state index contributed by atoms with van der Waals surface area (Å²) in [5.74, 6) is 0.916. The van der Waals surface area contributed by atoms with Crippen LogP contribution in [0.15, 0.2) is 55.2 Å². The number of aromatic nitrogens is 5. The number of carbonyl (C=O) groups is 1. The molecule has 0 saturated carbocycles. The Morgan fingerprint density at radius 2 is 1.93 bits per heavy atom. The van der Waals surface area contributed by atoms with Gasteiger partial charge in [0.25, 0.3) is 0 Å². The standard InChI is InChI=1S/C23H22N6O/c1-28-15-24-14-21(28)19-5-4-17-13-26-18(11-20(17)27-19)12-22(30)16-6-7-25-23(10-16)29-8-2-3-9-29/h4-7,10-11,13-15H,2-3,8-9,12H2,1H3. The maximum Gasteiger partial charge on any atom is 0.169 e. The molecule has 150 valence electrons. The molecule has 7 nitrogen and oxygen atoms in total. The Kier molecular flexibility index (Phi) is 4.71. The number of ketones is 1. The highest BCUT2D eigenvalue weighted by Gasteiger charge is 2.16. The van der Waals surface area contributed by atoms with Gasteiger partial charge in [-0.1, -0.05) is 0 Å². The van der Waals surface area contributed by atoms with Gasteiger partial charge < -0.3 is 9.47 Å². The predicted octanol–water partition coefficient (Wildman–Crippen LogP) is 3.45. The minimum absolute atomic E-state index is 0.0347. The molecule has 7 heteroatoms. The highest BCUT2D eigenvalue weighted by molar-refractivity contribution is 5.98. The number of pyridine rings is 3. The number of aryl methyl sites for hydroxylation is 1. The van der Waals surface area contributed by atoms with Crippen molar-refractivity contribution in [2.75, 3.05) is 18.0 Å². The molecule has 1 saturated heterocycles. The normalized spacial score (nSPS) is 13.8. The van der Waals surface area contributed by atoms with Crippen LogP contribution in [0.4, 0.5) is 5.82 Å². The molecule has 5 rings (SSSR count). The van der Waals surface area contributed by atoms with Gasteiger partial charge in [0.15, 0.2) is 5.78 Å². The first kappa shape index (κ1) is 18.4. The summed E-state index contributed by atoms with van der Waals surface area (Å²) in [6.45, 7) is 2.00. The number of imidazole rings is 1. The van der Waals surface area contributed by atoms with Crippen LogP contribution in [0.2, 0.25) is 0 Å². The van der Waals surface area contributed by atoms with Gasteiger partial charge in [0, 0.05) is 43.5 Å². The Morgan fingerprint density at radius 3 is 2.73 bits per heavy atom. The van der Waals surface area contributed by atoms with Crippen LogP contribution in [0.1, 0.15) is 28.9 Å². The highest BCUT2D eigenvalue weighted by Crippen LogP contribution is 2.22. The monoisotopic (exact) mass is 398 g/mol. The van der Waals surface area contributed by atoms with E-state index in [2.05, 4.69) is 19.9 Å². The van der Waals surface area contributed by atoms with E-state index < -0.39 is 0 Å². The van der Waals surface area contributed by atoms with E-state index in [1.54, 1.807) is 31.0 Å². The molecule has 1 fully saturated rings. The fourth-order valence-corrected chi connectivity index (χ4v) is 3.88. The van der Waals surface area contributed by atoms with Crippen LogP contribution in [0.5, 0.6) is 0 Å². The fraction of sp³-hybridized carbons (Fsp3) is 0.261. The second kappa shape index (κ2) is 7.67. The van der Waals surface area contributed by atoms with E-state index in [-0.39, 0.29) is 12.2 Å². The number of anilines is 1. The zero-order valence-corrected chi connectivity index (χ0v) is 16.8. The number of nitrogens with zero attached hydrogens (tertiary/aromatic N) is 6. The highest BCUT2D eigenvalue weighted by atomic mass is 16.1. The number of hydrogen-bond acceptors (Lipinski definition) is 6. The van der Waals surface area contributed by atoms with E-state index >= 15 is 0 Å². The smallest absolute Gasteiger partial charge is 0.169 e. The average Bonchev–Trinajstić information content (AvgIpc) is 3.45. The van der Waals surface area contributed by atoms with Crippen molar-refractivity contribution in [3.05, 3.63) is 66.5 Å². The molecule has 1 aliphatic heterocycles. The van der Waals surface area contributed by atoms with E-state index in [0.717, 1.165) is 41.2 Å². The Labute approximate surface area is 174 Å². The summed E-state index contributed by atoms with van der Waals surface area (Å²) in [6, 6.07) is 9.53. The van der Waals surface area contributed by atoms with Crippen molar-refractivity contribution in [3.63, 3.8) is 0 Å². The second-order valence-corrected chi connectivity index (χ2v) is 7.65. The molecule has 0 amide bonds. The molecular formula is C23H22N6O. The molecule has 0 aliphatic carbocycles. The first-order valence-electron chi connectivity index (χ1n) is 10.1. The minimum atomic E-state index is 0.0347. The van der Waals surface area contributed by atoms with Crippen LogP contribution in [0.3, 0.4) is 0 Å². The van der Waals surface area contributed by atoms with Crippen molar-refractivity contribution < 1.29 is 4.79 Å². The lowest BCUT2D eigenvalue weighted by Gasteiger charge is -2.16. The van der Waals surface area contributed by atoms with Crippen molar-refractivity contribution >= 4 is 22.5 Å². The van der Waals surface area contributed by atoms with Crippen LogP contribution in [0.25, 0.3) is 22.3 Å². The van der Waals surface area contributed by atoms with E-state index in [9.17, 15) is 4.79 Å². The van der Waals surface area contributed by atoms with Gasteiger partial charge >= 0.3 is 0 Å². The molecule has 0 aromatic carbocycles. The van der Waals surface area contributed by atoms with Crippen molar-refractivity contribution in [1.29, 1.82) is 0 Å². The Morgan fingerprint density at radius 1 is 1.07 bits per heavy atom. The zero-order chi connectivity index (χ0) is 20.5. The van der Waals surface area contributed by atoms with Gasteiger partial charge in [-0.2, -0.15) is 0 Å². The maximum atomic E-state index is 12.9. The van der Waals surface area contributed by atoms with Gasteiger partial charge in [0.2, 0.25) is 0 Å². The second-order valence-electron chi connectivity index (χ2n) is 7.65. The van der Waals surface area contributed by atoms with E-state index in [4.69, 9.17) is 4.98 Å². The van der Waals surface area contributed by atoms with Crippen molar-refractivity contribution in [1.82, 2.24) is 24.5 Å². The third-order valence-corrected chi connectivity index (χ3v) is 5.55. The minimum Gasteiger partial charge on any atom is -0.357 e. The van der Waals surface area contributed by atoms with E-state index in [0.29, 0.717) is 11.3 Å². The lowest BCUT2D eigenvalue weighted by Crippen LogP contribution is -2.19. The van der Waals surface area contributed by atoms with E-state index in [1.165, 1.54) is 12.8 Å². The molecule has 0 radical (unpaired) electrons. The summed E-state index contributed by atoms with van der Waals surface area (Å²) in [5.41, 5.74) is 3.99. The Bertz CT molecular complexity index is 1230.